The Morgan fingerprint density at radius 3 is 2.14 bits per heavy atom. The van der Waals surface area contributed by atoms with E-state index in [9.17, 15) is 13.2 Å². The zero-order valence-electron chi connectivity index (χ0n) is 7.14. The summed E-state index contributed by atoms with van der Waals surface area (Å²) in [5.74, 6) is -3.21. The Bertz CT molecular complexity index is 341. The highest BCUT2D eigenvalue weighted by Crippen LogP contribution is 2.19. The maximum Gasteiger partial charge on any atom is 0.161 e. The molecule has 1 aromatic carbocycles. The van der Waals surface area contributed by atoms with Crippen LogP contribution in [-0.2, 0) is 0 Å². The van der Waals surface area contributed by atoms with Crippen LogP contribution in [0.3, 0.4) is 0 Å². The van der Waals surface area contributed by atoms with Gasteiger partial charge in [0.25, 0.3) is 0 Å². The Morgan fingerprint density at radius 2 is 1.64 bits per heavy atom. The predicted molar refractivity (Wildman–Crippen MR) is 50.7 cm³/mol. The molecule has 0 aromatic heterocycles. The first-order valence-electron chi connectivity index (χ1n) is 3.59. The van der Waals surface area contributed by atoms with Crippen LogP contribution in [0.2, 0.25) is 0 Å². The average molecular weight is 224 g/mol. The summed E-state index contributed by atoms with van der Waals surface area (Å²) in [4.78, 5) is 0. The van der Waals surface area contributed by atoms with Gasteiger partial charge in [-0.3, -0.25) is 0 Å². The van der Waals surface area contributed by atoms with Crippen molar-refractivity contribution in [3.05, 3.63) is 47.8 Å². The van der Waals surface area contributed by atoms with Crippen molar-refractivity contribution in [2.75, 3.05) is 0 Å². The van der Waals surface area contributed by atoms with Crippen molar-refractivity contribution >= 4 is 12.4 Å². The van der Waals surface area contributed by atoms with Crippen LogP contribution in [0.25, 0.3) is 0 Å². The fraction of sp³-hybridized carbons (Fsp3) is 0.111. The molecule has 1 nitrogen and oxygen atoms in total. The standard InChI is InChI=1S/C9H8F3N.ClH/c1-2-9(13)5-3-7(11)8(12)4-6(5)10;/h2-4,9H,1,13H2;1H/t9-;/m0./s1. The van der Waals surface area contributed by atoms with Crippen molar-refractivity contribution in [1.29, 1.82) is 0 Å². The second-order valence-corrected chi connectivity index (χ2v) is 2.55. The molecule has 0 heterocycles. The highest BCUT2D eigenvalue weighted by Gasteiger charge is 2.12. The summed E-state index contributed by atoms with van der Waals surface area (Å²) in [6.45, 7) is 3.32. The molecule has 0 aliphatic rings. The first-order chi connectivity index (χ1) is 6.06. The molecule has 0 amide bonds. The van der Waals surface area contributed by atoms with Gasteiger partial charge in [0.2, 0.25) is 0 Å². The van der Waals surface area contributed by atoms with Crippen LogP contribution >= 0.6 is 12.4 Å². The van der Waals surface area contributed by atoms with E-state index in [0.29, 0.717) is 6.07 Å². The van der Waals surface area contributed by atoms with Crippen molar-refractivity contribution in [1.82, 2.24) is 0 Å². The third-order valence-electron chi connectivity index (χ3n) is 1.65. The topological polar surface area (TPSA) is 26.0 Å². The molecule has 0 radical (unpaired) electrons. The minimum absolute atomic E-state index is 0. The zero-order valence-corrected chi connectivity index (χ0v) is 7.95. The van der Waals surface area contributed by atoms with Crippen LogP contribution in [0.5, 0.6) is 0 Å². The summed E-state index contributed by atoms with van der Waals surface area (Å²) in [6, 6.07) is 0.375. The lowest BCUT2D eigenvalue weighted by Gasteiger charge is -2.07. The molecule has 0 aliphatic heterocycles. The third-order valence-corrected chi connectivity index (χ3v) is 1.65. The average Bonchev–Trinajstić information content (AvgIpc) is 2.10. The van der Waals surface area contributed by atoms with E-state index in [2.05, 4.69) is 6.58 Å². The van der Waals surface area contributed by atoms with E-state index in [1.54, 1.807) is 0 Å². The van der Waals surface area contributed by atoms with Crippen molar-refractivity contribution in [2.45, 2.75) is 6.04 Å². The van der Waals surface area contributed by atoms with Crippen LogP contribution in [0, 0.1) is 17.5 Å². The predicted octanol–water partition coefficient (Wildman–Crippen LogP) is 2.71. The van der Waals surface area contributed by atoms with Gasteiger partial charge in [0, 0.05) is 11.6 Å². The van der Waals surface area contributed by atoms with Crippen LogP contribution < -0.4 is 5.73 Å². The summed E-state index contributed by atoms with van der Waals surface area (Å²) in [7, 11) is 0. The summed E-state index contributed by atoms with van der Waals surface area (Å²) >= 11 is 0. The smallest absolute Gasteiger partial charge is 0.161 e. The normalized spacial score (nSPS) is 11.7. The second kappa shape index (κ2) is 5.02. The molecule has 0 aliphatic carbocycles. The lowest BCUT2D eigenvalue weighted by atomic mass is 10.1. The number of nitrogens with two attached hydrogens (primary N) is 1. The molecular weight excluding hydrogens is 215 g/mol. The molecule has 5 heteroatoms. The summed E-state index contributed by atoms with van der Waals surface area (Å²) in [5, 5.41) is 0. The van der Waals surface area contributed by atoms with Crippen LogP contribution in [-0.4, -0.2) is 0 Å². The molecule has 1 rings (SSSR count). The molecule has 2 N–H and O–H groups in total. The fourth-order valence-electron chi connectivity index (χ4n) is 0.920. The van der Waals surface area contributed by atoms with E-state index in [1.807, 2.05) is 0 Å². The Kier molecular flexibility index (Phi) is 4.67. The van der Waals surface area contributed by atoms with Gasteiger partial charge in [-0.25, -0.2) is 13.2 Å². The molecule has 0 saturated carbocycles. The summed E-state index contributed by atoms with van der Waals surface area (Å²) < 4.78 is 38.0. The highest BCUT2D eigenvalue weighted by atomic mass is 35.5. The number of hydrogen-bond acceptors (Lipinski definition) is 1. The molecule has 0 saturated heterocycles. The molecule has 0 fully saturated rings. The maximum atomic E-state index is 12.9. The Balaban J connectivity index is 0.00000169. The Morgan fingerprint density at radius 1 is 1.14 bits per heavy atom. The Labute approximate surface area is 85.8 Å². The van der Waals surface area contributed by atoms with E-state index in [1.165, 1.54) is 6.08 Å². The van der Waals surface area contributed by atoms with E-state index in [0.717, 1.165) is 6.07 Å². The lowest BCUT2D eigenvalue weighted by molar-refractivity contribution is 0.488. The fourth-order valence-corrected chi connectivity index (χ4v) is 0.920. The maximum absolute atomic E-state index is 12.9. The van der Waals surface area contributed by atoms with Crippen LogP contribution in [0.4, 0.5) is 13.2 Å². The van der Waals surface area contributed by atoms with Gasteiger partial charge >= 0.3 is 0 Å². The first-order valence-corrected chi connectivity index (χ1v) is 3.59. The first kappa shape index (κ1) is 13.0. The van der Waals surface area contributed by atoms with E-state index < -0.39 is 23.5 Å². The number of halogens is 4. The largest absolute Gasteiger partial charge is 0.321 e. The third kappa shape index (κ3) is 2.49. The van der Waals surface area contributed by atoms with E-state index in [4.69, 9.17) is 5.73 Å². The lowest BCUT2D eigenvalue weighted by Crippen LogP contribution is -2.09. The molecule has 14 heavy (non-hydrogen) atoms. The van der Waals surface area contributed by atoms with Gasteiger partial charge in [-0.05, 0) is 6.07 Å². The van der Waals surface area contributed by atoms with E-state index in [-0.39, 0.29) is 18.0 Å². The van der Waals surface area contributed by atoms with Crippen molar-refractivity contribution in [3.8, 4) is 0 Å². The van der Waals surface area contributed by atoms with Gasteiger partial charge in [0.15, 0.2) is 11.6 Å². The second-order valence-electron chi connectivity index (χ2n) is 2.55. The van der Waals surface area contributed by atoms with E-state index >= 15 is 0 Å². The van der Waals surface area contributed by atoms with Crippen molar-refractivity contribution < 1.29 is 13.2 Å². The summed E-state index contributed by atoms with van der Waals surface area (Å²) in [5.41, 5.74) is 5.26. The molecule has 0 unspecified atom stereocenters. The van der Waals surface area contributed by atoms with Gasteiger partial charge in [0.05, 0.1) is 6.04 Å². The molecule has 78 valence electrons. The van der Waals surface area contributed by atoms with Gasteiger partial charge in [0.1, 0.15) is 5.82 Å². The molecule has 1 atom stereocenters. The summed E-state index contributed by atoms with van der Waals surface area (Å²) in [6.07, 6.45) is 1.25. The van der Waals surface area contributed by atoms with Gasteiger partial charge in [-0.2, -0.15) is 0 Å². The number of hydrogen-bond donors (Lipinski definition) is 1. The van der Waals surface area contributed by atoms with Crippen molar-refractivity contribution in [3.63, 3.8) is 0 Å². The molecule has 0 spiro atoms. The van der Waals surface area contributed by atoms with Gasteiger partial charge in [-0.1, -0.05) is 6.08 Å². The Hall–Kier alpha value is -1.000. The van der Waals surface area contributed by atoms with Crippen LogP contribution in [0.1, 0.15) is 11.6 Å². The van der Waals surface area contributed by atoms with Crippen LogP contribution in [0.15, 0.2) is 24.8 Å². The number of benzene rings is 1. The zero-order chi connectivity index (χ0) is 10.0. The quantitative estimate of drug-likeness (QED) is 0.606. The molecular formula is C9H9ClF3N. The van der Waals surface area contributed by atoms with Crippen molar-refractivity contribution in [2.24, 2.45) is 5.73 Å². The molecule has 1 aromatic rings. The molecule has 0 bridgehead atoms. The highest BCUT2D eigenvalue weighted by molar-refractivity contribution is 5.85. The minimum Gasteiger partial charge on any atom is -0.321 e. The van der Waals surface area contributed by atoms with Gasteiger partial charge in [-0.15, -0.1) is 19.0 Å². The minimum atomic E-state index is -1.22. The monoisotopic (exact) mass is 223 g/mol. The van der Waals surface area contributed by atoms with Gasteiger partial charge < -0.3 is 5.73 Å². The number of rotatable bonds is 2. The SMILES string of the molecule is C=C[C@H](N)c1cc(F)c(F)cc1F.Cl.